The molecule has 1 amide bonds. The van der Waals surface area contributed by atoms with Gasteiger partial charge < -0.3 is 11.1 Å². The van der Waals surface area contributed by atoms with E-state index in [2.05, 4.69) is 5.32 Å². The van der Waals surface area contributed by atoms with Gasteiger partial charge in [-0.3, -0.25) is 9.10 Å². The number of amides is 1. The third kappa shape index (κ3) is 3.07. The first-order chi connectivity index (χ1) is 10.7. The maximum atomic E-state index is 12.5. The zero-order valence-electron chi connectivity index (χ0n) is 13.5. The second kappa shape index (κ2) is 5.49. The first kappa shape index (κ1) is 16.3. The van der Waals surface area contributed by atoms with Crippen LogP contribution in [-0.2, 0) is 16.4 Å². The molecule has 0 radical (unpaired) electrons. The molecule has 1 unspecified atom stereocenters. The molecule has 1 aliphatic carbocycles. The van der Waals surface area contributed by atoms with Crippen molar-refractivity contribution in [2.75, 3.05) is 23.7 Å². The Morgan fingerprint density at radius 3 is 2.70 bits per heavy atom. The zero-order valence-corrected chi connectivity index (χ0v) is 14.3. The van der Waals surface area contributed by atoms with Crippen molar-refractivity contribution in [2.24, 2.45) is 11.7 Å². The van der Waals surface area contributed by atoms with E-state index in [1.807, 2.05) is 6.92 Å². The van der Waals surface area contributed by atoms with Crippen LogP contribution >= 0.6 is 0 Å². The van der Waals surface area contributed by atoms with Gasteiger partial charge >= 0.3 is 0 Å². The van der Waals surface area contributed by atoms with Gasteiger partial charge in [0.25, 0.3) is 5.91 Å². The molecule has 0 spiro atoms. The molecule has 7 heteroatoms. The lowest BCUT2D eigenvalue weighted by Gasteiger charge is -2.29. The number of hydrogen-bond donors (Lipinski definition) is 2. The molecule has 1 heterocycles. The van der Waals surface area contributed by atoms with Crippen LogP contribution in [0.2, 0.25) is 0 Å². The number of nitrogens with zero attached hydrogens (tertiary/aromatic N) is 1. The third-order valence-electron chi connectivity index (χ3n) is 4.90. The van der Waals surface area contributed by atoms with Gasteiger partial charge in [-0.15, -0.1) is 0 Å². The lowest BCUT2D eigenvalue weighted by atomic mass is 9.95. The molecule has 6 nitrogen and oxygen atoms in total. The molecular weight excluding hydrogens is 314 g/mol. The van der Waals surface area contributed by atoms with Crippen LogP contribution in [-0.4, -0.2) is 39.2 Å². The number of carbonyl (C=O) groups excluding carboxylic acids is 1. The van der Waals surface area contributed by atoms with Crippen molar-refractivity contribution in [3.8, 4) is 0 Å². The maximum Gasteiger partial charge on any atom is 0.251 e. The van der Waals surface area contributed by atoms with Crippen molar-refractivity contribution in [3.05, 3.63) is 29.3 Å². The molecule has 23 heavy (non-hydrogen) atoms. The number of nitrogens with two attached hydrogens (primary N) is 1. The quantitative estimate of drug-likeness (QED) is 0.834. The maximum absolute atomic E-state index is 12.5. The molecule has 1 aromatic rings. The molecule has 1 atom stereocenters. The van der Waals surface area contributed by atoms with Crippen LogP contribution < -0.4 is 15.4 Å². The topological polar surface area (TPSA) is 92.5 Å². The molecule has 1 aliphatic heterocycles. The Hall–Kier alpha value is -1.60. The van der Waals surface area contributed by atoms with Gasteiger partial charge in [0.1, 0.15) is 0 Å². The van der Waals surface area contributed by atoms with Gasteiger partial charge in [0.15, 0.2) is 0 Å². The predicted octanol–water partition coefficient (Wildman–Crippen LogP) is 0.866. The number of nitrogens with one attached hydrogen (secondary N) is 1. The molecule has 1 fully saturated rings. The summed E-state index contributed by atoms with van der Waals surface area (Å²) in [6.45, 7) is 2.83. The molecule has 0 saturated heterocycles. The van der Waals surface area contributed by atoms with Crippen LogP contribution in [0.5, 0.6) is 0 Å². The number of carbonyl (C=O) groups is 1. The van der Waals surface area contributed by atoms with Crippen LogP contribution in [0.25, 0.3) is 0 Å². The highest BCUT2D eigenvalue weighted by Crippen LogP contribution is 2.39. The first-order valence-electron chi connectivity index (χ1n) is 7.88. The number of fused-ring (bicyclic) bond motifs is 1. The highest BCUT2D eigenvalue weighted by atomic mass is 32.2. The van der Waals surface area contributed by atoms with E-state index in [1.165, 1.54) is 10.6 Å². The predicted molar refractivity (Wildman–Crippen MR) is 90.0 cm³/mol. The van der Waals surface area contributed by atoms with Gasteiger partial charge in [0.05, 0.1) is 17.5 Å². The molecule has 3 N–H and O–H groups in total. The average Bonchev–Trinajstić information content (AvgIpc) is 3.25. The van der Waals surface area contributed by atoms with Gasteiger partial charge in [-0.25, -0.2) is 8.42 Å². The summed E-state index contributed by atoms with van der Waals surface area (Å²) in [5.41, 5.74) is 7.60. The van der Waals surface area contributed by atoms with Gasteiger partial charge in [0.2, 0.25) is 10.0 Å². The molecule has 2 aliphatic rings. The molecule has 0 aromatic heterocycles. The van der Waals surface area contributed by atoms with Crippen molar-refractivity contribution >= 4 is 21.6 Å². The second-order valence-electron chi connectivity index (χ2n) is 6.78. The number of benzene rings is 1. The lowest BCUT2D eigenvalue weighted by Crippen LogP contribution is -2.53. The molecule has 3 rings (SSSR count). The third-order valence-corrected chi connectivity index (χ3v) is 6.08. The Bertz CT molecular complexity index is 743. The fourth-order valence-corrected chi connectivity index (χ4v) is 4.19. The van der Waals surface area contributed by atoms with E-state index in [-0.39, 0.29) is 11.4 Å². The fraction of sp³-hybridized carbons (Fsp3) is 0.562. The number of rotatable bonds is 5. The number of hydrogen-bond acceptors (Lipinski definition) is 4. The van der Waals surface area contributed by atoms with E-state index >= 15 is 0 Å². The van der Waals surface area contributed by atoms with Crippen LogP contribution in [0.4, 0.5) is 5.69 Å². The van der Waals surface area contributed by atoms with E-state index in [0.717, 1.165) is 18.4 Å². The summed E-state index contributed by atoms with van der Waals surface area (Å²) < 4.78 is 24.9. The minimum absolute atomic E-state index is 0.148. The lowest BCUT2D eigenvalue weighted by molar-refractivity contribution is 0.0897. The minimum atomic E-state index is -3.27. The highest BCUT2D eigenvalue weighted by molar-refractivity contribution is 7.92. The van der Waals surface area contributed by atoms with Crippen LogP contribution in [0.3, 0.4) is 0 Å². The fourth-order valence-electron chi connectivity index (χ4n) is 3.23. The SMILES string of the molecule is CC(CN)(NC(=O)c1ccc2c(c1)CCN2S(C)(=O)=O)C1CC1. The van der Waals surface area contributed by atoms with Crippen molar-refractivity contribution in [2.45, 2.75) is 31.7 Å². The van der Waals surface area contributed by atoms with E-state index in [4.69, 9.17) is 5.73 Å². The van der Waals surface area contributed by atoms with Crippen LogP contribution in [0.15, 0.2) is 18.2 Å². The summed E-state index contributed by atoms with van der Waals surface area (Å²) in [6.07, 6.45) is 4.02. The van der Waals surface area contributed by atoms with Crippen molar-refractivity contribution < 1.29 is 13.2 Å². The summed E-state index contributed by atoms with van der Waals surface area (Å²) in [7, 11) is -3.27. The van der Waals surface area contributed by atoms with Gasteiger partial charge in [-0.1, -0.05) is 0 Å². The monoisotopic (exact) mass is 337 g/mol. The smallest absolute Gasteiger partial charge is 0.251 e. The first-order valence-corrected chi connectivity index (χ1v) is 9.72. The Labute approximate surface area is 137 Å². The van der Waals surface area contributed by atoms with Gasteiger partial charge in [-0.2, -0.15) is 0 Å². The normalized spacial score (nSPS) is 20.0. The summed E-state index contributed by atoms with van der Waals surface area (Å²) in [5.74, 6) is 0.303. The zero-order chi connectivity index (χ0) is 16.8. The Kier molecular flexibility index (Phi) is 3.88. The van der Waals surface area contributed by atoms with Crippen molar-refractivity contribution in [1.82, 2.24) is 5.32 Å². The van der Waals surface area contributed by atoms with E-state index in [0.29, 0.717) is 36.7 Å². The minimum Gasteiger partial charge on any atom is -0.345 e. The Morgan fingerprint density at radius 1 is 1.43 bits per heavy atom. The summed E-state index contributed by atoms with van der Waals surface area (Å²) in [6, 6.07) is 5.19. The molecule has 126 valence electrons. The van der Waals surface area contributed by atoms with Crippen LogP contribution in [0.1, 0.15) is 35.7 Å². The van der Waals surface area contributed by atoms with Crippen molar-refractivity contribution in [3.63, 3.8) is 0 Å². The largest absolute Gasteiger partial charge is 0.345 e. The van der Waals surface area contributed by atoms with E-state index in [1.54, 1.807) is 18.2 Å². The highest BCUT2D eigenvalue weighted by Gasteiger charge is 2.41. The summed E-state index contributed by atoms with van der Waals surface area (Å²) in [5, 5.41) is 3.06. The molecule has 1 saturated carbocycles. The number of anilines is 1. The van der Waals surface area contributed by atoms with Crippen molar-refractivity contribution in [1.29, 1.82) is 0 Å². The van der Waals surface area contributed by atoms with Crippen LogP contribution in [0, 0.1) is 5.92 Å². The molecular formula is C16H23N3O3S. The summed E-state index contributed by atoms with van der Waals surface area (Å²) >= 11 is 0. The van der Waals surface area contributed by atoms with Gasteiger partial charge in [-0.05, 0) is 55.9 Å². The second-order valence-corrected chi connectivity index (χ2v) is 8.69. The standard InChI is InChI=1S/C16H23N3O3S/c1-16(10-17,13-4-5-13)18-15(20)12-3-6-14-11(9-12)7-8-19(14)23(2,21)22/h3,6,9,13H,4-5,7-8,10,17H2,1-2H3,(H,18,20). The average molecular weight is 337 g/mol. The van der Waals surface area contributed by atoms with E-state index in [9.17, 15) is 13.2 Å². The van der Waals surface area contributed by atoms with Gasteiger partial charge in [0, 0.05) is 18.7 Å². The Balaban J connectivity index is 1.81. The van der Waals surface area contributed by atoms with E-state index < -0.39 is 10.0 Å². The molecule has 1 aromatic carbocycles. The molecule has 0 bridgehead atoms. The summed E-state index contributed by atoms with van der Waals surface area (Å²) in [4.78, 5) is 12.5. The number of sulfonamides is 1. The Morgan fingerprint density at radius 2 is 2.13 bits per heavy atom.